The predicted octanol–water partition coefficient (Wildman–Crippen LogP) is 3.37. The summed E-state index contributed by atoms with van der Waals surface area (Å²) in [7, 11) is -3.46. The van der Waals surface area contributed by atoms with E-state index in [0.717, 1.165) is 32.1 Å². The number of nitrogens with zero attached hydrogens (tertiary/aromatic N) is 1. The summed E-state index contributed by atoms with van der Waals surface area (Å²) in [4.78, 5) is 0.312. The molecule has 0 spiro atoms. The van der Waals surface area contributed by atoms with Gasteiger partial charge in [-0.15, -0.1) is 0 Å². The number of hydrogen-bond donors (Lipinski definition) is 1. The molecule has 1 saturated heterocycles. The van der Waals surface area contributed by atoms with Crippen LogP contribution in [0.15, 0.2) is 27.6 Å². The molecule has 0 bridgehead atoms. The molecule has 0 aliphatic carbocycles. The number of sulfonamides is 1. The normalized spacial score (nSPS) is 21.6. The third kappa shape index (κ3) is 3.18. The third-order valence-electron chi connectivity index (χ3n) is 3.84. The summed E-state index contributed by atoms with van der Waals surface area (Å²) in [6.45, 7) is 2.66. The van der Waals surface area contributed by atoms with Crippen molar-refractivity contribution in [1.29, 1.82) is 0 Å². The van der Waals surface area contributed by atoms with Crippen LogP contribution < -0.4 is 5.73 Å². The van der Waals surface area contributed by atoms with Gasteiger partial charge in [0.2, 0.25) is 10.0 Å². The average Bonchev–Trinajstić information content (AvgIpc) is 2.63. The summed E-state index contributed by atoms with van der Waals surface area (Å²) in [5, 5.41) is 0. The zero-order chi connectivity index (χ0) is 14.8. The molecule has 2 rings (SSSR count). The zero-order valence-electron chi connectivity index (χ0n) is 11.7. The van der Waals surface area contributed by atoms with Crippen LogP contribution >= 0.6 is 15.9 Å². The van der Waals surface area contributed by atoms with Gasteiger partial charge < -0.3 is 5.73 Å². The summed E-state index contributed by atoms with van der Waals surface area (Å²) in [5.41, 5.74) is 6.24. The molecule has 2 N–H and O–H groups in total. The molecular weight excluding hydrogens is 340 g/mol. The van der Waals surface area contributed by atoms with E-state index in [4.69, 9.17) is 5.73 Å². The lowest BCUT2D eigenvalue weighted by Crippen LogP contribution is -2.39. The molecular formula is C14H21BrN2O2S. The molecule has 4 nitrogen and oxygen atoms in total. The lowest BCUT2D eigenvalue weighted by atomic mass is 10.1. The van der Waals surface area contributed by atoms with E-state index in [0.29, 0.717) is 21.6 Å². The summed E-state index contributed by atoms with van der Waals surface area (Å²) < 4.78 is 28.0. The molecule has 0 amide bonds. The van der Waals surface area contributed by atoms with Crippen molar-refractivity contribution in [2.45, 2.75) is 50.0 Å². The number of nitrogens with two attached hydrogens (primary N) is 1. The minimum Gasteiger partial charge on any atom is -0.399 e. The highest BCUT2D eigenvalue weighted by atomic mass is 79.9. The van der Waals surface area contributed by atoms with Gasteiger partial charge in [-0.1, -0.05) is 19.8 Å². The van der Waals surface area contributed by atoms with E-state index >= 15 is 0 Å². The fourth-order valence-electron chi connectivity index (χ4n) is 2.73. The van der Waals surface area contributed by atoms with Crippen molar-refractivity contribution in [2.75, 3.05) is 12.3 Å². The Morgan fingerprint density at radius 3 is 2.75 bits per heavy atom. The Kier molecular flexibility index (Phi) is 5.09. The van der Waals surface area contributed by atoms with Gasteiger partial charge in [-0.2, -0.15) is 4.31 Å². The number of benzene rings is 1. The maximum absolute atomic E-state index is 12.9. The highest BCUT2D eigenvalue weighted by Gasteiger charge is 2.32. The SMILES string of the molecule is CCC1CCCCCN1S(=O)(=O)c1ccc(N)cc1Br. The molecule has 0 radical (unpaired) electrons. The molecule has 1 heterocycles. The van der Waals surface area contributed by atoms with Crippen molar-refractivity contribution >= 4 is 31.6 Å². The van der Waals surface area contributed by atoms with Crippen LogP contribution in [0.3, 0.4) is 0 Å². The van der Waals surface area contributed by atoms with Gasteiger partial charge in [0.25, 0.3) is 0 Å². The minimum atomic E-state index is -3.46. The van der Waals surface area contributed by atoms with E-state index in [9.17, 15) is 8.42 Å². The van der Waals surface area contributed by atoms with Gasteiger partial charge in [-0.25, -0.2) is 8.42 Å². The van der Waals surface area contributed by atoms with E-state index in [1.165, 1.54) is 0 Å². The molecule has 1 aliphatic heterocycles. The summed E-state index contributed by atoms with van der Waals surface area (Å²) >= 11 is 3.33. The molecule has 1 atom stereocenters. The van der Waals surface area contributed by atoms with Crippen molar-refractivity contribution in [2.24, 2.45) is 0 Å². The standard InChI is InChI=1S/C14H21BrN2O2S/c1-2-12-6-4-3-5-9-17(12)20(18,19)14-8-7-11(16)10-13(14)15/h7-8,10,12H,2-6,9,16H2,1H3. The van der Waals surface area contributed by atoms with Gasteiger partial charge in [0, 0.05) is 22.7 Å². The number of rotatable bonds is 3. The first-order valence-corrected chi connectivity index (χ1v) is 9.27. The Hall–Kier alpha value is -0.590. The van der Waals surface area contributed by atoms with Crippen LogP contribution in [0.25, 0.3) is 0 Å². The topological polar surface area (TPSA) is 63.4 Å². The molecule has 1 aliphatic rings. The molecule has 20 heavy (non-hydrogen) atoms. The summed E-state index contributed by atoms with van der Waals surface area (Å²) in [6, 6.07) is 4.97. The van der Waals surface area contributed by atoms with Gasteiger partial charge in [0.15, 0.2) is 0 Å². The quantitative estimate of drug-likeness (QED) is 0.840. The van der Waals surface area contributed by atoms with Crippen molar-refractivity contribution in [3.8, 4) is 0 Å². The second kappa shape index (κ2) is 6.45. The minimum absolute atomic E-state index is 0.104. The highest BCUT2D eigenvalue weighted by Crippen LogP contribution is 2.31. The largest absolute Gasteiger partial charge is 0.399 e. The van der Waals surface area contributed by atoms with E-state index in [1.807, 2.05) is 0 Å². The first kappa shape index (κ1) is 15.8. The van der Waals surface area contributed by atoms with Gasteiger partial charge in [-0.05, 0) is 53.4 Å². The van der Waals surface area contributed by atoms with E-state index in [1.54, 1.807) is 22.5 Å². The number of anilines is 1. The van der Waals surface area contributed by atoms with Crippen molar-refractivity contribution in [3.05, 3.63) is 22.7 Å². The van der Waals surface area contributed by atoms with Gasteiger partial charge in [0.1, 0.15) is 0 Å². The van der Waals surface area contributed by atoms with Gasteiger partial charge in [0.05, 0.1) is 4.90 Å². The Balaban J connectivity index is 2.41. The van der Waals surface area contributed by atoms with Crippen molar-refractivity contribution < 1.29 is 8.42 Å². The number of halogens is 1. The van der Waals surface area contributed by atoms with Crippen molar-refractivity contribution in [1.82, 2.24) is 4.31 Å². The Labute approximate surface area is 129 Å². The smallest absolute Gasteiger partial charge is 0.244 e. The number of hydrogen-bond acceptors (Lipinski definition) is 3. The van der Waals surface area contributed by atoms with Gasteiger partial charge in [-0.3, -0.25) is 0 Å². The average molecular weight is 361 g/mol. The zero-order valence-corrected chi connectivity index (χ0v) is 14.1. The highest BCUT2D eigenvalue weighted by molar-refractivity contribution is 9.10. The fourth-order valence-corrected chi connectivity index (χ4v) is 5.55. The van der Waals surface area contributed by atoms with Crippen LogP contribution in [-0.2, 0) is 10.0 Å². The monoisotopic (exact) mass is 360 g/mol. The Morgan fingerprint density at radius 1 is 1.35 bits per heavy atom. The first-order valence-electron chi connectivity index (χ1n) is 7.03. The maximum Gasteiger partial charge on any atom is 0.244 e. The molecule has 0 aromatic heterocycles. The van der Waals surface area contributed by atoms with Crippen LogP contribution in [-0.4, -0.2) is 25.3 Å². The molecule has 1 unspecified atom stereocenters. The van der Waals surface area contributed by atoms with Crippen LogP contribution in [0.1, 0.15) is 39.0 Å². The van der Waals surface area contributed by atoms with E-state index < -0.39 is 10.0 Å². The fraction of sp³-hybridized carbons (Fsp3) is 0.571. The second-order valence-electron chi connectivity index (χ2n) is 5.22. The number of nitrogen functional groups attached to an aromatic ring is 1. The van der Waals surface area contributed by atoms with Crippen LogP contribution in [0.4, 0.5) is 5.69 Å². The third-order valence-corrected chi connectivity index (χ3v) is 6.77. The molecule has 6 heteroatoms. The van der Waals surface area contributed by atoms with Crippen LogP contribution in [0.5, 0.6) is 0 Å². The summed E-state index contributed by atoms with van der Waals surface area (Å²) in [6.07, 6.45) is 4.94. The Bertz CT molecular complexity index is 575. The van der Waals surface area contributed by atoms with Crippen molar-refractivity contribution in [3.63, 3.8) is 0 Å². The molecule has 1 aromatic carbocycles. The first-order chi connectivity index (χ1) is 9.46. The van der Waals surface area contributed by atoms with E-state index in [-0.39, 0.29) is 6.04 Å². The lowest BCUT2D eigenvalue weighted by molar-refractivity contribution is 0.315. The predicted molar refractivity (Wildman–Crippen MR) is 85.0 cm³/mol. The molecule has 112 valence electrons. The van der Waals surface area contributed by atoms with Crippen LogP contribution in [0.2, 0.25) is 0 Å². The maximum atomic E-state index is 12.9. The summed E-state index contributed by atoms with van der Waals surface area (Å²) in [5.74, 6) is 0. The molecule has 1 aromatic rings. The Morgan fingerprint density at radius 2 is 2.10 bits per heavy atom. The van der Waals surface area contributed by atoms with Crippen LogP contribution in [0, 0.1) is 0 Å². The van der Waals surface area contributed by atoms with E-state index in [2.05, 4.69) is 22.9 Å². The second-order valence-corrected chi connectivity index (χ2v) is 7.93. The molecule has 0 saturated carbocycles. The lowest BCUT2D eigenvalue weighted by Gasteiger charge is -2.28. The molecule has 1 fully saturated rings. The van der Waals surface area contributed by atoms with Gasteiger partial charge >= 0.3 is 0 Å².